The molecule has 3 rings (SSSR count). The van der Waals surface area contributed by atoms with Gasteiger partial charge in [-0.25, -0.2) is 0 Å². The third-order valence-corrected chi connectivity index (χ3v) is 7.14. The molecule has 0 radical (unpaired) electrons. The maximum absolute atomic E-state index is 5.26. The van der Waals surface area contributed by atoms with Crippen molar-refractivity contribution in [2.24, 2.45) is 28.1 Å². The van der Waals surface area contributed by atoms with Crippen molar-refractivity contribution in [2.75, 3.05) is 7.11 Å². The predicted octanol–water partition coefficient (Wildman–Crippen LogP) is 6.12. The highest BCUT2D eigenvalue weighted by Crippen LogP contribution is 2.63. The van der Waals surface area contributed by atoms with E-state index < -0.39 is 0 Å². The van der Waals surface area contributed by atoms with E-state index in [2.05, 4.69) is 39.8 Å². The molecule has 0 heterocycles. The number of ether oxygens (including phenoxy) is 1. The van der Waals surface area contributed by atoms with E-state index in [0.29, 0.717) is 16.2 Å². The number of hydrogen-bond donors (Lipinski definition) is 0. The maximum Gasteiger partial charge on any atom is 0.0790 e. The summed E-state index contributed by atoms with van der Waals surface area (Å²) in [6, 6.07) is 0. The molecule has 3 aliphatic rings. The summed E-state index contributed by atoms with van der Waals surface area (Å²) in [5.41, 5.74) is 3.05. The molecule has 1 nitrogen and oxygen atoms in total. The summed E-state index contributed by atoms with van der Waals surface area (Å²) in [5.74, 6) is 1.63. The SMILES string of the molecule is CO/C=C/[C@]1(C)CCC[C@@]2(C)C3=CCC(C)(C)CC3CCC21. The summed E-state index contributed by atoms with van der Waals surface area (Å²) in [7, 11) is 1.77. The van der Waals surface area contributed by atoms with Crippen LogP contribution in [0.3, 0.4) is 0 Å². The van der Waals surface area contributed by atoms with E-state index in [1.807, 2.05) is 11.8 Å². The zero-order chi connectivity index (χ0) is 16.0. The largest absolute Gasteiger partial charge is 0.505 e. The zero-order valence-corrected chi connectivity index (χ0v) is 15.2. The minimum atomic E-state index is 0.307. The Labute approximate surface area is 137 Å². The molecule has 3 aliphatic carbocycles. The second-order valence-electron chi connectivity index (χ2n) is 9.37. The molecule has 2 saturated carbocycles. The number of rotatable bonds is 2. The topological polar surface area (TPSA) is 9.23 Å². The van der Waals surface area contributed by atoms with Crippen LogP contribution in [0.25, 0.3) is 0 Å². The summed E-state index contributed by atoms with van der Waals surface area (Å²) in [4.78, 5) is 0. The number of allylic oxidation sites excluding steroid dienone is 3. The average molecular weight is 303 g/mol. The van der Waals surface area contributed by atoms with Gasteiger partial charge in [0.1, 0.15) is 0 Å². The number of fused-ring (bicyclic) bond motifs is 3. The fraction of sp³-hybridized carbons (Fsp3) is 0.810. The van der Waals surface area contributed by atoms with Crippen molar-refractivity contribution < 1.29 is 4.74 Å². The second-order valence-corrected chi connectivity index (χ2v) is 9.37. The monoisotopic (exact) mass is 302 g/mol. The van der Waals surface area contributed by atoms with Gasteiger partial charge in [-0.1, -0.05) is 45.8 Å². The summed E-state index contributed by atoms with van der Waals surface area (Å²) < 4.78 is 5.26. The van der Waals surface area contributed by atoms with Gasteiger partial charge in [-0.3, -0.25) is 0 Å². The molecule has 22 heavy (non-hydrogen) atoms. The third kappa shape index (κ3) is 2.55. The van der Waals surface area contributed by atoms with Gasteiger partial charge in [-0.2, -0.15) is 0 Å². The van der Waals surface area contributed by atoms with Crippen LogP contribution in [-0.2, 0) is 4.74 Å². The molecule has 124 valence electrons. The lowest BCUT2D eigenvalue weighted by Crippen LogP contribution is -2.49. The molecule has 0 aromatic rings. The van der Waals surface area contributed by atoms with E-state index in [9.17, 15) is 0 Å². The minimum absolute atomic E-state index is 0.307. The van der Waals surface area contributed by atoms with E-state index in [4.69, 9.17) is 4.74 Å². The molecule has 0 amide bonds. The zero-order valence-electron chi connectivity index (χ0n) is 15.2. The van der Waals surface area contributed by atoms with Gasteiger partial charge in [0.05, 0.1) is 13.4 Å². The van der Waals surface area contributed by atoms with Crippen LogP contribution >= 0.6 is 0 Å². The maximum atomic E-state index is 5.26. The molecule has 0 aromatic heterocycles. The molecule has 0 N–H and O–H groups in total. The van der Waals surface area contributed by atoms with Crippen LogP contribution in [0, 0.1) is 28.1 Å². The van der Waals surface area contributed by atoms with Gasteiger partial charge in [0.2, 0.25) is 0 Å². The first-order valence-corrected chi connectivity index (χ1v) is 9.22. The van der Waals surface area contributed by atoms with Gasteiger partial charge in [-0.05, 0) is 72.7 Å². The fourth-order valence-electron chi connectivity index (χ4n) is 6.07. The second kappa shape index (κ2) is 5.42. The average Bonchev–Trinajstić information content (AvgIpc) is 2.43. The molecule has 0 aliphatic heterocycles. The predicted molar refractivity (Wildman–Crippen MR) is 93.5 cm³/mol. The first kappa shape index (κ1) is 16.1. The molecule has 0 bridgehead atoms. The Hall–Kier alpha value is -0.720. The molecule has 0 spiro atoms. The number of methoxy groups -OCH3 is 1. The molecule has 2 unspecified atom stereocenters. The highest BCUT2D eigenvalue weighted by molar-refractivity contribution is 5.28. The Balaban J connectivity index is 1.95. The molecule has 1 heteroatoms. The summed E-state index contributed by atoms with van der Waals surface area (Å²) in [5, 5.41) is 0. The van der Waals surface area contributed by atoms with Crippen molar-refractivity contribution in [3.63, 3.8) is 0 Å². The van der Waals surface area contributed by atoms with Gasteiger partial charge < -0.3 is 4.74 Å². The normalized spacial score (nSPS) is 44.1. The Kier molecular flexibility index (Phi) is 3.98. The molecular weight excluding hydrogens is 268 g/mol. The van der Waals surface area contributed by atoms with Crippen LogP contribution < -0.4 is 0 Å². The summed E-state index contributed by atoms with van der Waals surface area (Å²) in [6.07, 6.45) is 16.4. The standard InChI is InChI=1S/C21H34O/c1-19(2)12-9-17-16(15-19)7-8-18-20(3,13-14-22-5)10-6-11-21(17,18)4/h9,13-14,16,18H,6-8,10-12,15H2,1-5H3/b14-13+/t16?,18?,20-,21-/m0/s1. The first-order valence-electron chi connectivity index (χ1n) is 9.22. The highest BCUT2D eigenvalue weighted by atomic mass is 16.5. The van der Waals surface area contributed by atoms with E-state index in [1.54, 1.807) is 7.11 Å². The van der Waals surface area contributed by atoms with Crippen molar-refractivity contribution in [3.05, 3.63) is 24.0 Å². The molecule has 4 atom stereocenters. The lowest BCUT2D eigenvalue weighted by Gasteiger charge is -2.58. The van der Waals surface area contributed by atoms with Gasteiger partial charge in [0.15, 0.2) is 0 Å². The summed E-state index contributed by atoms with van der Waals surface area (Å²) >= 11 is 0. The Morgan fingerprint density at radius 2 is 1.91 bits per heavy atom. The Morgan fingerprint density at radius 3 is 2.64 bits per heavy atom. The van der Waals surface area contributed by atoms with Gasteiger partial charge in [0, 0.05) is 0 Å². The van der Waals surface area contributed by atoms with Crippen molar-refractivity contribution in [1.29, 1.82) is 0 Å². The molecular formula is C21H34O. The Bertz CT molecular complexity index is 486. The van der Waals surface area contributed by atoms with Crippen LogP contribution in [0.15, 0.2) is 24.0 Å². The minimum Gasteiger partial charge on any atom is -0.505 e. The van der Waals surface area contributed by atoms with E-state index in [0.717, 1.165) is 11.8 Å². The van der Waals surface area contributed by atoms with Crippen LogP contribution in [0.2, 0.25) is 0 Å². The molecule has 0 saturated heterocycles. The van der Waals surface area contributed by atoms with Crippen molar-refractivity contribution >= 4 is 0 Å². The smallest absolute Gasteiger partial charge is 0.0790 e. The van der Waals surface area contributed by atoms with Gasteiger partial charge in [-0.15, -0.1) is 0 Å². The van der Waals surface area contributed by atoms with E-state index in [1.165, 1.54) is 44.9 Å². The highest BCUT2D eigenvalue weighted by Gasteiger charge is 2.54. The van der Waals surface area contributed by atoms with Crippen LogP contribution in [0.4, 0.5) is 0 Å². The molecule has 0 aromatic carbocycles. The van der Waals surface area contributed by atoms with Crippen LogP contribution in [0.5, 0.6) is 0 Å². The van der Waals surface area contributed by atoms with Crippen molar-refractivity contribution in [2.45, 2.75) is 72.6 Å². The lowest BCUT2D eigenvalue weighted by molar-refractivity contribution is -0.00145. The quantitative estimate of drug-likeness (QED) is 0.441. The van der Waals surface area contributed by atoms with Crippen LogP contribution in [0.1, 0.15) is 72.6 Å². The van der Waals surface area contributed by atoms with Crippen molar-refractivity contribution in [1.82, 2.24) is 0 Å². The van der Waals surface area contributed by atoms with Crippen LogP contribution in [-0.4, -0.2) is 7.11 Å². The third-order valence-electron chi connectivity index (χ3n) is 7.14. The van der Waals surface area contributed by atoms with Gasteiger partial charge >= 0.3 is 0 Å². The summed E-state index contributed by atoms with van der Waals surface area (Å²) in [6.45, 7) is 9.94. The fourth-order valence-corrected chi connectivity index (χ4v) is 6.07. The van der Waals surface area contributed by atoms with E-state index in [-0.39, 0.29) is 0 Å². The molecule has 2 fully saturated rings. The lowest BCUT2D eigenvalue weighted by atomic mass is 9.46. The number of hydrogen-bond acceptors (Lipinski definition) is 1. The van der Waals surface area contributed by atoms with Gasteiger partial charge in [0.25, 0.3) is 0 Å². The van der Waals surface area contributed by atoms with E-state index >= 15 is 0 Å². The Morgan fingerprint density at radius 1 is 1.14 bits per heavy atom. The van der Waals surface area contributed by atoms with Crippen molar-refractivity contribution in [3.8, 4) is 0 Å². The first-order chi connectivity index (χ1) is 10.3.